The fourth-order valence-electron chi connectivity index (χ4n) is 1.69. The monoisotopic (exact) mass is 257 g/mol. The van der Waals surface area contributed by atoms with Gasteiger partial charge in [-0.3, -0.25) is 4.57 Å². The van der Waals surface area contributed by atoms with Crippen molar-refractivity contribution >= 4 is 7.60 Å². The van der Waals surface area contributed by atoms with Crippen LogP contribution in [0.15, 0.2) is 30.3 Å². The molecule has 1 aromatic rings. The maximum atomic E-state index is 12.6. The van der Waals surface area contributed by atoms with Gasteiger partial charge in [-0.05, 0) is 26.5 Å². The topological polar surface area (TPSA) is 47.6 Å². The molecule has 0 radical (unpaired) electrons. The van der Waals surface area contributed by atoms with Crippen LogP contribution in [0.5, 0.6) is 0 Å². The van der Waals surface area contributed by atoms with Crippen molar-refractivity contribution in [3.63, 3.8) is 0 Å². The van der Waals surface area contributed by atoms with Crippen LogP contribution in [-0.4, -0.2) is 20.3 Å². The summed E-state index contributed by atoms with van der Waals surface area (Å²) in [6.45, 7) is 4.34. The smallest absolute Gasteiger partial charge is 0.308 e. The average Bonchev–Trinajstić information content (AvgIpc) is 2.31. The quantitative estimate of drug-likeness (QED) is 0.762. The zero-order chi connectivity index (χ0) is 12.7. The van der Waals surface area contributed by atoms with E-state index in [4.69, 9.17) is 9.05 Å². The Morgan fingerprint density at radius 1 is 1.18 bits per heavy atom. The first-order valence-electron chi connectivity index (χ1n) is 5.79. The van der Waals surface area contributed by atoms with E-state index in [2.05, 4.69) is 5.32 Å². The molecule has 17 heavy (non-hydrogen) atoms. The van der Waals surface area contributed by atoms with Crippen molar-refractivity contribution < 1.29 is 13.6 Å². The molecule has 0 bridgehead atoms. The second kappa shape index (κ2) is 6.92. The Labute approximate surface area is 103 Å². The molecule has 0 saturated heterocycles. The second-order valence-electron chi connectivity index (χ2n) is 3.48. The van der Waals surface area contributed by atoms with E-state index in [0.717, 1.165) is 5.56 Å². The highest BCUT2D eigenvalue weighted by atomic mass is 31.2. The van der Waals surface area contributed by atoms with E-state index in [1.165, 1.54) is 0 Å². The molecule has 0 fully saturated rings. The molecule has 4 nitrogen and oxygen atoms in total. The van der Waals surface area contributed by atoms with Gasteiger partial charge in [0.25, 0.3) is 0 Å². The minimum absolute atomic E-state index is 0.363. The van der Waals surface area contributed by atoms with Crippen LogP contribution in [0.1, 0.15) is 25.2 Å². The molecule has 0 aliphatic rings. The van der Waals surface area contributed by atoms with Crippen LogP contribution in [0.2, 0.25) is 0 Å². The molecule has 5 heteroatoms. The normalized spacial score (nSPS) is 13.6. The summed E-state index contributed by atoms with van der Waals surface area (Å²) in [4.78, 5) is 0. The molecule has 1 rings (SSSR count). The van der Waals surface area contributed by atoms with E-state index in [-0.39, 0.29) is 0 Å². The predicted molar refractivity (Wildman–Crippen MR) is 69.1 cm³/mol. The second-order valence-corrected chi connectivity index (χ2v) is 5.59. The lowest BCUT2D eigenvalue weighted by Crippen LogP contribution is -2.19. The summed E-state index contributed by atoms with van der Waals surface area (Å²) in [5.74, 6) is -0.427. The molecule has 1 unspecified atom stereocenters. The molecular weight excluding hydrogens is 237 g/mol. The summed E-state index contributed by atoms with van der Waals surface area (Å²) < 4.78 is 23.3. The largest absolute Gasteiger partial charge is 0.351 e. The van der Waals surface area contributed by atoms with Crippen LogP contribution in [0.3, 0.4) is 0 Å². The van der Waals surface area contributed by atoms with Gasteiger partial charge in [0.2, 0.25) is 0 Å². The highest BCUT2D eigenvalue weighted by Crippen LogP contribution is 2.59. The predicted octanol–water partition coefficient (Wildman–Crippen LogP) is 3.17. The van der Waals surface area contributed by atoms with Gasteiger partial charge < -0.3 is 14.4 Å². The summed E-state index contributed by atoms with van der Waals surface area (Å²) in [6, 6.07) is 9.55. The summed E-state index contributed by atoms with van der Waals surface area (Å²) >= 11 is 0. The number of benzene rings is 1. The first kappa shape index (κ1) is 14.4. The van der Waals surface area contributed by atoms with Crippen molar-refractivity contribution in [3.8, 4) is 0 Å². The van der Waals surface area contributed by atoms with Crippen molar-refractivity contribution in [2.45, 2.75) is 19.6 Å². The fraction of sp³-hybridized carbons (Fsp3) is 0.500. The standard InChI is InChI=1S/C12H20NO3P/c1-4-15-17(14,16-5-2)12(13-3)11-9-7-6-8-10-11/h6-10,12-13H,4-5H2,1-3H3. The summed E-state index contributed by atoms with van der Waals surface area (Å²) in [6.07, 6.45) is 0. The molecule has 0 aliphatic carbocycles. The van der Waals surface area contributed by atoms with Gasteiger partial charge in [-0.2, -0.15) is 0 Å². The molecule has 1 N–H and O–H groups in total. The Morgan fingerprint density at radius 2 is 1.71 bits per heavy atom. The van der Waals surface area contributed by atoms with Gasteiger partial charge in [-0.1, -0.05) is 30.3 Å². The van der Waals surface area contributed by atoms with E-state index in [1.54, 1.807) is 7.05 Å². The third-order valence-electron chi connectivity index (χ3n) is 2.32. The van der Waals surface area contributed by atoms with Crippen LogP contribution in [0.4, 0.5) is 0 Å². The van der Waals surface area contributed by atoms with E-state index < -0.39 is 13.4 Å². The Morgan fingerprint density at radius 3 is 2.12 bits per heavy atom. The lowest BCUT2D eigenvalue weighted by Gasteiger charge is -2.26. The Hall–Kier alpha value is -0.670. The zero-order valence-corrected chi connectivity index (χ0v) is 11.4. The molecule has 0 aliphatic heterocycles. The van der Waals surface area contributed by atoms with Crippen LogP contribution in [-0.2, 0) is 13.6 Å². The van der Waals surface area contributed by atoms with E-state index in [0.29, 0.717) is 13.2 Å². The third kappa shape index (κ3) is 3.65. The fourth-order valence-corrected chi connectivity index (χ4v) is 3.63. The molecule has 96 valence electrons. The van der Waals surface area contributed by atoms with Gasteiger partial charge in [0.1, 0.15) is 5.78 Å². The summed E-state index contributed by atoms with van der Waals surface area (Å²) in [5, 5.41) is 3.02. The van der Waals surface area contributed by atoms with Gasteiger partial charge in [0.05, 0.1) is 13.2 Å². The maximum absolute atomic E-state index is 12.6. The molecule has 0 spiro atoms. The van der Waals surface area contributed by atoms with Crippen molar-refractivity contribution in [2.24, 2.45) is 0 Å². The first-order chi connectivity index (χ1) is 8.18. The molecule has 1 atom stereocenters. The van der Waals surface area contributed by atoms with Crippen LogP contribution >= 0.6 is 7.60 Å². The molecule has 0 heterocycles. The van der Waals surface area contributed by atoms with Crippen molar-refractivity contribution in [1.82, 2.24) is 5.32 Å². The van der Waals surface area contributed by atoms with Crippen LogP contribution in [0, 0.1) is 0 Å². The van der Waals surface area contributed by atoms with Crippen molar-refractivity contribution in [3.05, 3.63) is 35.9 Å². The Balaban J connectivity index is 3.01. The molecule has 0 amide bonds. The minimum Gasteiger partial charge on any atom is -0.308 e. The number of rotatable bonds is 7. The lowest BCUT2D eigenvalue weighted by atomic mass is 10.2. The van der Waals surface area contributed by atoms with E-state index in [9.17, 15) is 4.57 Å². The Bertz CT molecular complexity index is 359. The third-order valence-corrected chi connectivity index (χ3v) is 4.75. The van der Waals surface area contributed by atoms with Crippen molar-refractivity contribution in [2.75, 3.05) is 20.3 Å². The number of nitrogens with one attached hydrogen (secondary N) is 1. The van der Waals surface area contributed by atoms with E-state index >= 15 is 0 Å². The minimum atomic E-state index is -3.16. The average molecular weight is 257 g/mol. The van der Waals surface area contributed by atoms with E-state index in [1.807, 2.05) is 44.2 Å². The van der Waals surface area contributed by atoms with Gasteiger partial charge in [0.15, 0.2) is 0 Å². The maximum Gasteiger partial charge on any atom is 0.351 e. The zero-order valence-electron chi connectivity index (χ0n) is 10.6. The Kier molecular flexibility index (Phi) is 5.86. The highest BCUT2D eigenvalue weighted by Gasteiger charge is 2.35. The van der Waals surface area contributed by atoms with Crippen molar-refractivity contribution in [1.29, 1.82) is 0 Å². The van der Waals surface area contributed by atoms with Crippen LogP contribution in [0.25, 0.3) is 0 Å². The van der Waals surface area contributed by atoms with Gasteiger partial charge in [0, 0.05) is 0 Å². The lowest BCUT2D eigenvalue weighted by molar-refractivity contribution is 0.209. The molecule has 0 saturated carbocycles. The van der Waals surface area contributed by atoms with Gasteiger partial charge in [-0.15, -0.1) is 0 Å². The highest BCUT2D eigenvalue weighted by molar-refractivity contribution is 7.54. The molecule has 1 aromatic carbocycles. The summed E-state index contributed by atoms with van der Waals surface area (Å²) in [7, 11) is -1.41. The number of hydrogen-bond acceptors (Lipinski definition) is 4. The number of hydrogen-bond donors (Lipinski definition) is 1. The van der Waals surface area contributed by atoms with Gasteiger partial charge in [-0.25, -0.2) is 0 Å². The SMILES string of the molecule is CCOP(=O)(OCC)C(NC)c1ccccc1. The molecular formula is C12H20NO3P. The van der Waals surface area contributed by atoms with Gasteiger partial charge >= 0.3 is 7.60 Å². The van der Waals surface area contributed by atoms with Crippen LogP contribution < -0.4 is 5.32 Å². The molecule has 0 aromatic heterocycles. The first-order valence-corrected chi connectivity index (χ1v) is 7.40. The summed E-state index contributed by atoms with van der Waals surface area (Å²) in [5.41, 5.74) is 0.903.